The van der Waals surface area contributed by atoms with Gasteiger partial charge in [0.2, 0.25) is 0 Å². The Labute approximate surface area is 125 Å². The summed E-state index contributed by atoms with van der Waals surface area (Å²) in [6.45, 7) is 0. The van der Waals surface area contributed by atoms with Gasteiger partial charge in [0, 0.05) is 11.6 Å². The maximum absolute atomic E-state index is 13.3. The molecule has 0 aromatic heterocycles. The monoisotopic (exact) mass is 310 g/mol. The summed E-state index contributed by atoms with van der Waals surface area (Å²) in [5, 5.41) is 9.39. The van der Waals surface area contributed by atoms with E-state index >= 15 is 0 Å². The van der Waals surface area contributed by atoms with Crippen LogP contribution in [0.2, 0.25) is 10.0 Å². The quantitative estimate of drug-likeness (QED) is 0.819. The summed E-state index contributed by atoms with van der Waals surface area (Å²) in [6.07, 6.45) is 2.26. The van der Waals surface area contributed by atoms with Crippen LogP contribution < -0.4 is 0 Å². The lowest BCUT2D eigenvalue weighted by atomic mass is 9.99. The number of hydrogen-bond acceptors (Lipinski definition) is 1. The Morgan fingerprint density at radius 3 is 2.60 bits per heavy atom. The van der Waals surface area contributed by atoms with Crippen molar-refractivity contribution in [1.82, 2.24) is 0 Å². The first-order valence-electron chi connectivity index (χ1n) is 5.64. The normalized spacial score (nSPS) is 10.9. The van der Waals surface area contributed by atoms with Crippen molar-refractivity contribution in [3.8, 4) is 11.1 Å². The topological polar surface area (TPSA) is 37.3 Å². The molecule has 0 unspecified atom stereocenters. The third-order valence-corrected chi connectivity index (χ3v) is 3.48. The third kappa shape index (κ3) is 3.18. The molecule has 1 N–H and O–H groups in total. The van der Waals surface area contributed by atoms with E-state index in [2.05, 4.69) is 0 Å². The van der Waals surface area contributed by atoms with Crippen molar-refractivity contribution < 1.29 is 14.3 Å². The molecule has 0 spiro atoms. The number of aliphatic carboxylic acids is 1. The number of carbonyl (C=O) groups is 1. The Morgan fingerprint density at radius 1 is 1.15 bits per heavy atom. The summed E-state index contributed by atoms with van der Waals surface area (Å²) in [7, 11) is 0. The fourth-order valence-electron chi connectivity index (χ4n) is 1.79. The Hall–Kier alpha value is -1.84. The summed E-state index contributed by atoms with van der Waals surface area (Å²) < 4.78 is 13.3. The van der Waals surface area contributed by atoms with Crippen LogP contribution in [0.5, 0.6) is 0 Å². The molecule has 2 aromatic rings. The Morgan fingerprint density at radius 2 is 1.90 bits per heavy atom. The van der Waals surface area contributed by atoms with Crippen molar-refractivity contribution in [2.75, 3.05) is 0 Å². The summed E-state index contributed by atoms with van der Waals surface area (Å²) in [5.74, 6) is -1.57. The van der Waals surface area contributed by atoms with Gasteiger partial charge in [0.25, 0.3) is 0 Å². The fourth-order valence-corrected chi connectivity index (χ4v) is 2.19. The Bertz CT molecular complexity index is 696. The molecule has 0 atom stereocenters. The first kappa shape index (κ1) is 14.6. The predicted molar refractivity (Wildman–Crippen MR) is 78.5 cm³/mol. The van der Waals surface area contributed by atoms with Gasteiger partial charge in [-0.25, -0.2) is 9.18 Å². The largest absolute Gasteiger partial charge is 0.478 e. The van der Waals surface area contributed by atoms with Gasteiger partial charge < -0.3 is 5.11 Å². The first-order valence-corrected chi connectivity index (χ1v) is 6.39. The van der Waals surface area contributed by atoms with E-state index in [0.717, 1.165) is 6.08 Å². The van der Waals surface area contributed by atoms with Gasteiger partial charge in [0.15, 0.2) is 0 Å². The molecule has 2 aromatic carbocycles. The zero-order valence-electron chi connectivity index (χ0n) is 10.1. The van der Waals surface area contributed by atoms with Crippen LogP contribution in [0.15, 0.2) is 42.5 Å². The highest BCUT2D eigenvalue weighted by Gasteiger charge is 2.10. The lowest BCUT2D eigenvalue weighted by Gasteiger charge is -2.09. The smallest absolute Gasteiger partial charge is 0.328 e. The molecule has 20 heavy (non-hydrogen) atoms. The van der Waals surface area contributed by atoms with Gasteiger partial charge in [0.05, 0.1) is 10.0 Å². The van der Waals surface area contributed by atoms with E-state index in [1.54, 1.807) is 18.2 Å². The average molecular weight is 311 g/mol. The van der Waals surface area contributed by atoms with E-state index < -0.39 is 11.8 Å². The van der Waals surface area contributed by atoms with E-state index in [0.29, 0.717) is 26.7 Å². The molecule has 0 aliphatic carbocycles. The molecule has 0 aliphatic heterocycles. The number of carboxylic acids is 1. The minimum absolute atomic E-state index is 0.339. The van der Waals surface area contributed by atoms with Crippen LogP contribution in [-0.2, 0) is 4.79 Å². The zero-order valence-corrected chi connectivity index (χ0v) is 11.6. The number of carboxylic acid groups (broad SMARTS) is 1. The van der Waals surface area contributed by atoms with Crippen LogP contribution in [-0.4, -0.2) is 11.1 Å². The molecule has 5 heteroatoms. The van der Waals surface area contributed by atoms with Crippen molar-refractivity contribution in [3.05, 3.63) is 63.9 Å². The molecular formula is C15H9Cl2FO2. The van der Waals surface area contributed by atoms with Crippen molar-refractivity contribution in [2.24, 2.45) is 0 Å². The minimum atomic E-state index is -1.11. The summed E-state index contributed by atoms with van der Waals surface area (Å²) in [5.41, 5.74) is 1.64. The van der Waals surface area contributed by atoms with E-state index in [4.69, 9.17) is 28.3 Å². The van der Waals surface area contributed by atoms with Crippen LogP contribution in [0.4, 0.5) is 4.39 Å². The highest BCUT2D eigenvalue weighted by Crippen LogP contribution is 2.35. The second kappa shape index (κ2) is 6.07. The standard InChI is InChI=1S/C15H9Cl2FO2/c16-13-3-1-2-12(15(13)17)11-6-5-10(18)8-9(11)4-7-14(19)20/h1-8H,(H,19,20)/b7-4+. The summed E-state index contributed by atoms with van der Waals surface area (Å²) in [6, 6.07) is 9.16. The number of benzene rings is 2. The van der Waals surface area contributed by atoms with E-state index in [1.807, 2.05) is 0 Å². The van der Waals surface area contributed by atoms with Gasteiger partial charge in [-0.3, -0.25) is 0 Å². The molecule has 0 heterocycles. The number of halogens is 3. The number of rotatable bonds is 3. The molecule has 0 aliphatic rings. The zero-order chi connectivity index (χ0) is 14.7. The van der Waals surface area contributed by atoms with Crippen LogP contribution >= 0.6 is 23.2 Å². The van der Waals surface area contributed by atoms with Crippen molar-refractivity contribution in [3.63, 3.8) is 0 Å². The molecule has 2 nitrogen and oxygen atoms in total. The van der Waals surface area contributed by atoms with E-state index in [1.165, 1.54) is 24.3 Å². The van der Waals surface area contributed by atoms with E-state index in [-0.39, 0.29) is 0 Å². The molecular weight excluding hydrogens is 302 g/mol. The van der Waals surface area contributed by atoms with E-state index in [9.17, 15) is 9.18 Å². The Balaban J connectivity index is 2.62. The molecule has 0 saturated carbocycles. The van der Waals surface area contributed by atoms with Gasteiger partial charge in [-0.15, -0.1) is 0 Å². The molecule has 0 radical (unpaired) electrons. The van der Waals surface area contributed by atoms with Crippen LogP contribution in [0, 0.1) is 5.82 Å². The number of hydrogen-bond donors (Lipinski definition) is 1. The molecule has 0 fully saturated rings. The summed E-state index contributed by atoms with van der Waals surface area (Å²) >= 11 is 12.1. The molecule has 102 valence electrons. The minimum Gasteiger partial charge on any atom is -0.478 e. The van der Waals surface area contributed by atoms with Crippen LogP contribution in [0.25, 0.3) is 17.2 Å². The second-order valence-electron chi connectivity index (χ2n) is 4.00. The Kier molecular flexibility index (Phi) is 4.42. The van der Waals surface area contributed by atoms with Crippen molar-refractivity contribution in [2.45, 2.75) is 0 Å². The fraction of sp³-hybridized carbons (Fsp3) is 0. The van der Waals surface area contributed by atoms with Gasteiger partial charge in [-0.2, -0.15) is 0 Å². The lowest BCUT2D eigenvalue weighted by Crippen LogP contribution is -1.90. The first-order chi connectivity index (χ1) is 9.49. The van der Waals surface area contributed by atoms with Gasteiger partial charge in [-0.1, -0.05) is 41.4 Å². The van der Waals surface area contributed by atoms with Crippen LogP contribution in [0.1, 0.15) is 5.56 Å². The molecule has 0 saturated heterocycles. The maximum Gasteiger partial charge on any atom is 0.328 e. The average Bonchev–Trinajstić information content (AvgIpc) is 2.40. The SMILES string of the molecule is O=C(O)/C=C/c1cc(F)ccc1-c1cccc(Cl)c1Cl. The third-order valence-electron chi connectivity index (χ3n) is 2.66. The highest BCUT2D eigenvalue weighted by atomic mass is 35.5. The van der Waals surface area contributed by atoms with Gasteiger partial charge >= 0.3 is 5.97 Å². The molecule has 0 amide bonds. The molecule has 0 bridgehead atoms. The predicted octanol–water partition coefficient (Wildman–Crippen LogP) is 4.90. The van der Waals surface area contributed by atoms with Gasteiger partial charge in [0.1, 0.15) is 5.82 Å². The maximum atomic E-state index is 13.3. The second-order valence-corrected chi connectivity index (χ2v) is 4.79. The highest BCUT2D eigenvalue weighted by molar-refractivity contribution is 6.43. The van der Waals surface area contributed by atoms with Crippen LogP contribution in [0.3, 0.4) is 0 Å². The molecule has 2 rings (SSSR count). The summed E-state index contributed by atoms with van der Waals surface area (Å²) in [4.78, 5) is 10.6. The van der Waals surface area contributed by atoms with Gasteiger partial charge in [-0.05, 0) is 35.4 Å². The lowest BCUT2D eigenvalue weighted by molar-refractivity contribution is -0.131. The van der Waals surface area contributed by atoms with Crippen molar-refractivity contribution >= 4 is 35.2 Å². The van der Waals surface area contributed by atoms with Crippen molar-refractivity contribution in [1.29, 1.82) is 0 Å².